The highest BCUT2D eigenvalue weighted by atomic mass is 16.4. The lowest BCUT2D eigenvalue weighted by Crippen LogP contribution is -2.43. The Hall–Kier alpha value is -3.15. The standard InChI is InChI=1S/C23H26N2O4/c1-22(2)17(11-12-23(22,3)21(28)29)20(27)25-19-10-5-4-9-18(19)24-14-15-7-6-8-16(26)13-15/h4-10,13-14,17,26H,11-12H2,1-3H3,(H,25,27)(H,28,29). The number of phenols is 1. The molecule has 0 radical (unpaired) electrons. The largest absolute Gasteiger partial charge is 0.508 e. The molecule has 152 valence electrons. The van der Waals surface area contributed by atoms with Gasteiger partial charge in [-0.05, 0) is 55.0 Å². The van der Waals surface area contributed by atoms with Gasteiger partial charge in [-0.1, -0.05) is 38.1 Å². The SMILES string of the molecule is CC1(C(=O)O)CCC(C(=O)Nc2ccccc2N=Cc2cccc(O)c2)C1(C)C. The van der Waals surface area contributed by atoms with Crippen molar-refractivity contribution in [2.45, 2.75) is 33.6 Å². The smallest absolute Gasteiger partial charge is 0.309 e. The number of aliphatic imine (C=N–C) groups is 1. The van der Waals surface area contributed by atoms with Crippen molar-refractivity contribution in [1.29, 1.82) is 0 Å². The number of aromatic hydroxyl groups is 1. The Balaban J connectivity index is 1.81. The lowest BCUT2D eigenvalue weighted by Gasteiger charge is -2.37. The molecule has 0 aliphatic heterocycles. The van der Waals surface area contributed by atoms with E-state index in [1.165, 1.54) is 0 Å². The first-order valence-corrected chi connectivity index (χ1v) is 9.61. The van der Waals surface area contributed by atoms with Crippen LogP contribution in [0, 0.1) is 16.7 Å². The van der Waals surface area contributed by atoms with Gasteiger partial charge in [-0.25, -0.2) is 0 Å². The van der Waals surface area contributed by atoms with E-state index >= 15 is 0 Å². The fraction of sp³-hybridized carbons (Fsp3) is 0.348. The summed E-state index contributed by atoms with van der Waals surface area (Å²) in [5, 5.41) is 22.2. The topological polar surface area (TPSA) is 99.0 Å². The first-order chi connectivity index (χ1) is 13.6. The highest BCUT2D eigenvalue weighted by molar-refractivity contribution is 5.97. The molecule has 2 aromatic carbocycles. The molecule has 1 saturated carbocycles. The number of benzene rings is 2. The molecule has 3 N–H and O–H groups in total. The van der Waals surface area contributed by atoms with Gasteiger partial charge in [0.25, 0.3) is 0 Å². The number of aliphatic carboxylic acids is 1. The maximum Gasteiger partial charge on any atom is 0.309 e. The number of hydrogen-bond donors (Lipinski definition) is 3. The van der Waals surface area contributed by atoms with Gasteiger partial charge in [0.05, 0.1) is 16.8 Å². The van der Waals surface area contributed by atoms with Crippen molar-refractivity contribution < 1.29 is 19.8 Å². The summed E-state index contributed by atoms with van der Waals surface area (Å²) in [4.78, 5) is 29.3. The molecule has 0 heterocycles. The van der Waals surface area contributed by atoms with Gasteiger partial charge in [0.2, 0.25) is 5.91 Å². The van der Waals surface area contributed by atoms with E-state index in [9.17, 15) is 19.8 Å². The monoisotopic (exact) mass is 394 g/mol. The number of anilines is 1. The zero-order valence-corrected chi connectivity index (χ0v) is 16.8. The van der Waals surface area contributed by atoms with E-state index in [1.807, 2.05) is 32.0 Å². The molecule has 0 aromatic heterocycles. The Morgan fingerprint density at radius 1 is 1.14 bits per heavy atom. The first kappa shape index (κ1) is 20.6. The van der Waals surface area contributed by atoms with Crippen LogP contribution in [0.25, 0.3) is 0 Å². The van der Waals surface area contributed by atoms with Gasteiger partial charge < -0.3 is 15.5 Å². The third-order valence-corrected chi connectivity index (χ3v) is 6.40. The van der Waals surface area contributed by atoms with Crippen molar-refractivity contribution in [3.05, 3.63) is 54.1 Å². The lowest BCUT2D eigenvalue weighted by molar-refractivity contribution is -0.154. The Labute approximate surface area is 170 Å². The van der Waals surface area contributed by atoms with Crippen molar-refractivity contribution in [1.82, 2.24) is 0 Å². The minimum absolute atomic E-state index is 0.153. The van der Waals surface area contributed by atoms with Crippen LogP contribution in [0.3, 0.4) is 0 Å². The van der Waals surface area contributed by atoms with Crippen LogP contribution in [0.4, 0.5) is 11.4 Å². The van der Waals surface area contributed by atoms with Gasteiger partial charge in [0.15, 0.2) is 0 Å². The number of carbonyl (C=O) groups excluding carboxylic acids is 1. The third-order valence-electron chi connectivity index (χ3n) is 6.40. The molecule has 2 atom stereocenters. The van der Waals surface area contributed by atoms with Crippen molar-refractivity contribution in [2.75, 3.05) is 5.32 Å². The fourth-order valence-electron chi connectivity index (χ4n) is 4.00. The molecule has 1 amide bonds. The number of carbonyl (C=O) groups is 2. The van der Waals surface area contributed by atoms with Crippen LogP contribution in [0.2, 0.25) is 0 Å². The van der Waals surface area contributed by atoms with Crippen molar-refractivity contribution in [3.8, 4) is 5.75 Å². The summed E-state index contributed by atoms with van der Waals surface area (Å²) in [7, 11) is 0. The molecule has 1 aliphatic carbocycles. The zero-order chi connectivity index (χ0) is 21.2. The predicted molar refractivity (Wildman–Crippen MR) is 113 cm³/mol. The van der Waals surface area contributed by atoms with Gasteiger partial charge in [-0.3, -0.25) is 14.6 Å². The minimum atomic E-state index is -0.942. The van der Waals surface area contributed by atoms with Gasteiger partial charge >= 0.3 is 5.97 Å². The van der Waals surface area contributed by atoms with E-state index < -0.39 is 22.7 Å². The molecule has 0 spiro atoms. The maximum atomic E-state index is 13.0. The van der Waals surface area contributed by atoms with Crippen LogP contribution in [-0.2, 0) is 9.59 Å². The highest BCUT2D eigenvalue weighted by Crippen LogP contribution is 2.56. The molecular formula is C23H26N2O4. The number of hydrogen-bond acceptors (Lipinski definition) is 4. The average Bonchev–Trinajstić information content (AvgIpc) is 2.91. The zero-order valence-electron chi connectivity index (χ0n) is 16.8. The van der Waals surface area contributed by atoms with Crippen LogP contribution in [-0.4, -0.2) is 28.3 Å². The number of carboxylic acid groups (broad SMARTS) is 1. The summed E-state index contributed by atoms with van der Waals surface area (Å²) < 4.78 is 0. The quantitative estimate of drug-likeness (QED) is 0.645. The molecule has 6 nitrogen and oxygen atoms in total. The number of carboxylic acids is 1. The normalized spacial score (nSPS) is 23.2. The predicted octanol–water partition coefficient (Wildman–Crippen LogP) is 4.61. The maximum absolute atomic E-state index is 13.0. The number of nitrogens with one attached hydrogen (secondary N) is 1. The van der Waals surface area contributed by atoms with Crippen molar-refractivity contribution in [3.63, 3.8) is 0 Å². The van der Waals surface area contributed by atoms with E-state index in [0.29, 0.717) is 24.2 Å². The lowest BCUT2D eigenvalue weighted by atomic mass is 9.65. The summed E-state index contributed by atoms with van der Waals surface area (Å²) in [6, 6.07) is 13.9. The summed E-state index contributed by atoms with van der Waals surface area (Å²) in [5.74, 6) is -1.32. The average molecular weight is 394 g/mol. The fourth-order valence-corrected chi connectivity index (χ4v) is 4.00. The number of amides is 1. The van der Waals surface area contributed by atoms with E-state index in [-0.39, 0.29) is 11.7 Å². The van der Waals surface area contributed by atoms with Crippen molar-refractivity contribution >= 4 is 29.5 Å². The molecule has 0 saturated heterocycles. The molecule has 2 aromatic rings. The second-order valence-electron chi connectivity index (χ2n) is 8.31. The van der Waals surface area contributed by atoms with Crippen LogP contribution in [0.5, 0.6) is 5.75 Å². The van der Waals surface area contributed by atoms with Gasteiger partial charge in [0, 0.05) is 12.1 Å². The Morgan fingerprint density at radius 3 is 2.52 bits per heavy atom. The van der Waals surface area contributed by atoms with Crippen LogP contribution in [0.15, 0.2) is 53.5 Å². The summed E-state index contributed by atoms with van der Waals surface area (Å²) in [5.41, 5.74) is 0.264. The summed E-state index contributed by atoms with van der Waals surface area (Å²) in [6.07, 6.45) is 2.60. The molecule has 6 heteroatoms. The molecule has 2 unspecified atom stereocenters. The number of para-hydroxylation sites is 2. The summed E-state index contributed by atoms with van der Waals surface area (Å²) in [6.45, 7) is 5.42. The number of rotatable bonds is 5. The molecule has 3 rings (SSSR count). The molecular weight excluding hydrogens is 368 g/mol. The number of nitrogens with zero attached hydrogens (tertiary/aromatic N) is 1. The van der Waals surface area contributed by atoms with E-state index in [2.05, 4.69) is 10.3 Å². The van der Waals surface area contributed by atoms with E-state index in [0.717, 1.165) is 5.56 Å². The van der Waals surface area contributed by atoms with Crippen LogP contribution < -0.4 is 5.32 Å². The third kappa shape index (κ3) is 3.88. The molecule has 1 fully saturated rings. The molecule has 1 aliphatic rings. The van der Waals surface area contributed by atoms with Gasteiger partial charge in [-0.2, -0.15) is 0 Å². The van der Waals surface area contributed by atoms with E-state index in [1.54, 1.807) is 43.5 Å². The van der Waals surface area contributed by atoms with Gasteiger partial charge in [0.1, 0.15) is 5.75 Å². The van der Waals surface area contributed by atoms with Crippen LogP contribution >= 0.6 is 0 Å². The van der Waals surface area contributed by atoms with E-state index in [4.69, 9.17) is 0 Å². The van der Waals surface area contributed by atoms with Gasteiger partial charge in [-0.15, -0.1) is 0 Å². The Bertz CT molecular complexity index is 967. The Kier molecular flexibility index (Phi) is 5.46. The highest BCUT2D eigenvalue weighted by Gasteiger charge is 2.58. The molecule has 29 heavy (non-hydrogen) atoms. The molecule has 0 bridgehead atoms. The Morgan fingerprint density at radius 2 is 1.86 bits per heavy atom. The second kappa shape index (κ2) is 7.70. The second-order valence-corrected chi connectivity index (χ2v) is 8.31. The minimum Gasteiger partial charge on any atom is -0.508 e. The number of phenolic OH excluding ortho intramolecular Hbond substituents is 1. The van der Waals surface area contributed by atoms with Crippen LogP contribution in [0.1, 0.15) is 39.2 Å². The summed E-state index contributed by atoms with van der Waals surface area (Å²) >= 11 is 0. The van der Waals surface area contributed by atoms with Crippen molar-refractivity contribution in [2.24, 2.45) is 21.7 Å². The first-order valence-electron chi connectivity index (χ1n) is 9.61.